The average molecular weight is 536 g/mol. The Hall–Kier alpha value is -4.13. The summed E-state index contributed by atoms with van der Waals surface area (Å²) in [5.41, 5.74) is 0.161. The number of hydrogen-bond donors (Lipinski definition) is 1. The number of carboxylic acid groups (broad SMARTS) is 1. The van der Waals surface area contributed by atoms with Crippen LogP contribution in [0.2, 0.25) is 10.0 Å². The molecule has 2 aliphatic heterocycles. The Bertz CT molecular complexity index is 1470. The zero-order valence-corrected chi connectivity index (χ0v) is 20.9. The Kier molecular flexibility index (Phi) is 6.02. The van der Waals surface area contributed by atoms with Crippen LogP contribution < -0.4 is 9.80 Å². The van der Waals surface area contributed by atoms with E-state index in [1.807, 2.05) is 0 Å². The maximum Gasteiger partial charge on any atom is 0.335 e. The summed E-state index contributed by atoms with van der Waals surface area (Å²) in [7, 11) is 1.56. The first-order valence-corrected chi connectivity index (χ1v) is 11.9. The highest BCUT2D eigenvalue weighted by Crippen LogP contribution is 2.47. The van der Waals surface area contributed by atoms with E-state index in [0.29, 0.717) is 11.4 Å². The second kappa shape index (κ2) is 9.07. The number of urea groups is 1. The highest BCUT2D eigenvalue weighted by atomic mass is 35.5. The Balaban J connectivity index is 1.64. The van der Waals surface area contributed by atoms with Crippen LogP contribution in [0.1, 0.15) is 27.4 Å². The van der Waals surface area contributed by atoms with Crippen LogP contribution in [0.25, 0.3) is 0 Å². The highest BCUT2D eigenvalue weighted by Gasteiger charge is 2.64. The lowest BCUT2D eigenvalue weighted by molar-refractivity contribution is -0.124. The number of aromatic nitrogens is 1. The summed E-state index contributed by atoms with van der Waals surface area (Å²) >= 11 is 12.3. The molecular formula is C26H19Cl2N5O4. The molecule has 2 atom stereocenters. The van der Waals surface area contributed by atoms with Gasteiger partial charge in [0.15, 0.2) is 0 Å². The molecule has 0 radical (unpaired) electrons. The second-order valence-corrected chi connectivity index (χ2v) is 9.78. The topological polar surface area (TPSA) is 118 Å². The van der Waals surface area contributed by atoms with Crippen molar-refractivity contribution in [1.82, 2.24) is 9.88 Å². The van der Waals surface area contributed by atoms with Gasteiger partial charge in [-0.05, 0) is 48.0 Å². The number of aromatic carboxylic acids is 1. The van der Waals surface area contributed by atoms with Crippen molar-refractivity contribution in [3.8, 4) is 6.07 Å². The van der Waals surface area contributed by atoms with Gasteiger partial charge in [-0.1, -0.05) is 35.3 Å². The quantitative estimate of drug-likeness (QED) is 0.491. The van der Waals surface area contributed by atoms with Crippen molar-refractivity contribution in [1.29, 1.82) is 5.26 Å². The number of carboxylic acids is 1. The van der Waals surface area contributed by atoms with Gasteiger partial charge in [0.2, 0.25) is 0 Å². The molecule has 9 nitrogen and oxygen atoms in total. The fourth-order valence-corrected chi connectivity index (χ4v) is 5.62. The van der Waals surface area contributed by atoms with E-state index >= 15 is 0 Å². The van der Waals surface area contributed by atoms with Crippen molar-refractivity contribution in [2.75, 3.05) is 29.9 Å². The number of hydrogen-bond acceptors (Lipinski definition) is 6. The van der Waals surface area contributed by atoms with Crippen molar-refractivity contribution < 1.29 is 19.5 Å². The standard InChI is InChI=1S/C26H19Cl2N5O4/c1-31-25(37)33(20-10-18(27)9-19(28)11-20)24(36)26(31)14-32(22-8-17(23(34)35)6-7-30-22)13-21(26)16-4-2-15(12-29)3-5-16/h2-11,21H,13-14H2,1H3,(H,34,35)/t21-,26+/m0/s1. The summed E-state index contributed by atoms with van der Waals surface area (Å²) in [6, 6.07) is 15.7. The number of anilines is 2. The van der Waals surface area contributed by atoms with E-state index in [-0.39, 0.29) is 34.4 Å². The molecule has 1 N–H and O–H groups in total. The van der Waals surface area contributed by atoms with E-state index in [9.17, 15) is 24.8 Å². The van der Waals surface area contributed by atoms with Gasteiger partial charge in [0.25, 0.3) is 5.91 Å². The minimum Gasteiger partial charge on any atom is -0.478 e. The number of carbonyl (C=O) groups excluding carboxylic acids is 2. The molecule has 37 heavy (non-hydrogen) atoms. The van der Waals surface area contributed by atoms with Crippen LogP contribution in [0.15, 0.2) is 60.8 Å². The molecule has 11 heteroatoms. The number of imide groups is 1. The molecule has 2 aromatic carbocycles. The van der Waals surface area contributed by atoms with Gasteiger partial charge in [0.1, 0.15) is 11.4 Å². The van der Waals surface area contributed by atoms with Crippen molar-refractivity contribution >= 4 is 52.6 Å². The van der Waals surface area contributed by atoms with E-state index in [1.54, 1.807) is 36.2 Å². The number of nitriles is 1. The van der Waals surface area contributed by atoms with Crippen LogP contribution in [0, 0.1) is 11.3 Å². The summed E-state index contributed by atoms with van der Waals surface area (Å²) in [6.07, 6.45) is 1.39. The van der Waals surface area contributed by atoms with Crippen LogP contribution in [-0.2, 0) is 4.79 Å². The van der Waals surface area contributed by atoms with Crippen molar-refractivity contribution in [3.63, 3.8) is 0 Å². The molecule has 0 saturated carbocycles. The van der Waals surface area contributed by atoms with Gasteiger partial charge in [0, 0.05) is 35.8 Å². The summed E-state index contributed by atoms with van der Waals surface area (Å²) in [6.45, 7) is 0.342. The minimum absolute atomic E-state index is 0.0539. The molecule has 186 valence electrons. The maximum absolute atomic E-state index is 14.2. The SMILES string of the molecule is CN1C(=O)N(c2cc(Cl)cc(Cl)c2)C(=O)[C@]12CN(c1cc(C(=O)O)ccn1)C[C@H]2c1ccc(C#N)cc1. The number of benzene rings is 2. The maximum atomic E-state index is 14.2. The van der Waals surface area contributed by atoms with Gasteiger partial charge in [-0.25, -0.2) is 19.5 Å². The average Bonchev–Trinajstić information content (AvgIpc) is 3.37. The summed E-state index contributed by atoms with van der Waals surface area (Å²) < 4.78 is 0. The van der Waals surface area contributed by atoms with Gasteiger partial charge >= 0.3 is 12.0 Å². The lowest BCUT2D eigenvalue weighted by atomic mass is 9.80. The Morgan fingerprint density at radius 2 is 1.78 bits per heavy atom. The third kappa shape index (κ3) is 3.95. The van der Waals surface area contributed by atoms with Crippen LogP contribution in [-0.4, -0.2) is 58.6 Å². The molecule has 2 saturated heterocycles. The van der Waals surface area contributed by atoms with Crippen LogP contribution >= 0.6 is 23.2 Å². The van der Waals surface area contributed by atoms with E-state index in [4.69, 9.17) is 23.2 Å². The molecule has 1 aromatic heterocycles. The number of rotatable bonds is 4. The third-order valence-electron chi connectivity index (χ3n) is 6.93. The zero-order valence-electron chi connectivity index (χ0n) is 19.4. The fourth-order valence-electron chi connectivity index (χ4n) is 5.10. The van der Waals surface area contributed by atoms with Crippen LogP contribution in [0.4, 0.5) is 16.3 Å². The first kappa shape index (κ1) is 24.6. The predicted molar refractivity (Wildman–Crippen MR) is 137 cm³/mol. The molecule has 3 aromatic rings. The minimum atomic E-state index is -1.35. The lowest BCUT2D eigenvalue weighted by Gasteiger charge is -2.33. The van der Waals surface area contributed by atoms with E-state index < -0.39 is 29.4 Å². The van der Waals surface area contributed by atoms with Gasteiger partial charge in [-0.15, -0.1) is 0 Å². The third-order valence-corrected chi connectivity index (χ3v) is 7.36. The van der Waals surface area contributed by atoms with Gasteiger partial charge in [-0.2, -0.15) is 5.26 Å². The molecule has 0 bridgehead atoms. The number of nitrogens with zero attached hydrogens (tertiary/aromatic N) is 5. The van der Waals surface area contributed by atoms with Crippen molar-refractivity contribution in [2.45, 2.75) is 11.5 Å². The first-order chi connectivity index (χ1) is 17.6. The number of likely N-dealkylation sites (N-methyl/N-ethyl adjacent to an activating group) is 1. The molecular weight excluding hydrogens is 517 g/mol. The predicted octanol–water partition coefficient (Wildman–Crippen LogP) is 4.40. The number of amides is 3. The van der Waals surface area contributed by atoms with Crippen LogP contribution in [0.5, 0.6) is 0 Å². The largest absolute Gasteiger partial charge is 0.478 e. The highest BCUT2D eigenvalue weighted by molar-refractivity contribution is 6.36. The van der Waals surface area contributed by atoms with Gasteiger partial charge in [0.05, 0.1) is 29.4 Å². The number of carbonyl (C=O) groups is 3. The molecule has 2 fully saturated rings. The van der Waals surface area contributed by atoms with E-state index in [2.05, 4.69) is 11.1 Å². The molecule has 0 aliphatic carbocycles. The summed E-state index contributed by atoms with van der Waals surface area (Å²) in [5.74, 6) is -1.72. The monoisotopic (exact) mass is 535 g/mol. The number of halogens is 2. The number of pyridine rings is 1. The van der Waals surface area contributed by atoms with E-state index in [1.165, 1.54) is 41.4 Å². The molecule has 0 unspecified atom stereocenters. The van der Waals surface area contributed by atoms with Gasteiger partial charge in [-0.3, -0.25) is 4.79 Å². The molecule has 3 heterocycles. The molecule has 3 amide bonds. The Labute approximate surface area is 222 Å². The zero-order chi connectivity index (χ0) is 26.5. The Morgan fingerprint density at radius 3 is 2.41 bits per heavy atom. The lowest BCUT2D eigenvalue weighted by Crippen LogP contribution is -2.53. The fraction of sp³-hybridized carbons (Fsp3) is 0.192. The van der Waals surface area contributed by atoms with Gasteiger partial charge < -0.3 is 14.9 Å². The molecule has 1 spiro atoms. The summed E-state index contributed by atoms with van der Waals surface area (Å²) in [4.78, 5) is 47.9. The summed E-state index contributed by atoms with van der Waals surface area (Å²) in [5, 5.41) is 19.2. The van der Waals surface area contributed by atoms with E-state index in [0.717, 1.165) is 10.5 Å². The molecule has 2 aliphatic rings. The molecule has 5 rings (SSSR count). The normalized spacial score (nSPS) is 21.1. The van der Waals surface area contributed by atoms with Crippen molar-refractivity contribution in [2.24, 2.45) is 0 Å². The van der Waals surface area contributed by atoms with Crippen molar-refractivity contribution in [3.05, 3.63) is 87.5 Å². The van der Waals surface area contributed by atoms with Crippen LogP contribution in [0.3, 0.4) is 0 Å². The smallest absolute Gasteiger partial charge is 0.335 e. The second-order valence-electron chi connectivity index (χ2n) is 8.91. The first-order valence-electron chi connectivity index (χ1n) is 11.2. The Morgan fingerprint density at radius 1 is 1.11 bits per heavy atom.